The Morgan fingerprint density at radius 3 is 1.00 bits per heavy atom. The standard InChI is InChI=1S/C34H62Cl3N5O13S/c1-49-31(45)7-15-41(16-8-32(46)50-2)19-24-53-22-11-38-29(43)5-13-40(21-26-55-27-28-56(35,36)37)14-6-30(44)39-12-23-54-25-20-42(17-9-33(47)51-3)18-10-34(48)52-4/h5-28H2,1-4H3,(H,38,43)(H,39,44). The van der Waals surface area contributed by atoms with Crippen LogP contribution >= 0.6 is 39.7 Å². The Bertz CT molecular complexity index is 1020. The first-order chi connectivity index (χ1) is 26.7. The van der Waals surface area contributed by atoms with Crippen LogP contribution in [-0.2, 0) is 61.9 Å². The van der Waals surface area contributed by atoms with E-state index in [1.165, 1.54) is 28.4 Å². The zero-order valence-electron chi connectivity index (χ0n) is 33.2. The van der Waals surface area contributed by atoms with Crippen molar-refractivity contribution >= 4 is 75.4 Å². The van der Waals surface area contributed by atoms with Crippen LogP contribution in [0.1, 0.15) is 38.5 Å². The number of nitrogens with one attached hydrogen (secondary N) is 2. The zero-order valence-corrected chi connectivity index (χ0v) is 36.2. The summed E-state index contributed by atoms with van der Waals surface area (Å²) in [5.74, 6) is -1.48. The lowest BCUT2D eigenvalue weighted by Crippen LogP contribution is -2.37. The second-order valence-corrected chi connectivity index (χ2v) is 19.6. The molecule has 0 rings (SSSR count). The van der Waals surface area contributed by atoms with Gasteiger partial charge in [-0.25, -0.2) is 0 Å². The highest BCUT2D eigenvalue weighted by molar-refractivity contribution is 8.79. The van der Waals surface area contributed by atoms with Crippen molar-refractivity contribution in [2.45, 2.75) is 38.5 Å². The predicted molar refractivity (Wildman–Crippen MR) is 214 cm³/mol. The summed E-state index contributed by atoms with van der Waals surface area (Å²) >= 11 is 0. The van der Waals surface area contributed by atoms with Gasteiger partial charge in [-0.3, -0.25) is 38.6 Å². The maximum atomic E-state index is 12.6. The smallest absolute Gasteiger partial charge is 0.306 e. The van der Waals surface area contributed by atoms with E-state index in [9.17, 15) is 28.8 Å². The third-order valence-corrected chi connectivity index (χ3v) is 10.0. The first-order valence-electron chi connectivity index (χ1n) is 18.3. The molecule has 0 radical (unpaired) electrons. The average molecular weight is 887 g/mol. The molecule has 2 amide bonds. The number of ether oxygens (including phenoxy) is 7. The van der Waals surface area contributed by atoms with Gasteiger partial charge in [0.1, 0.15) is 0 Å². The molecule has 0 aliphatic rings. The van der Waals surface area contributed by atoms with Gasteiger partial charge < -0.3 is 48.7 Å². The minimum Gasteiger partial charge on any atom is -0.469 e. The van der Waals surface area contributed by atoms with E-state index in [0.717, 1.165) is 0 Å². The van der Waals surface area contributed by atoms with Crippen LogP contribution in [0.15, 0.2) is 0 Å². The monoisotopic (exact) mass is 885 g/mol. The van der Waals surface area contributed by atoms with Gasteiger partial charge in [-0.05, 0) is 39.7 Å². The Morgan fingerprint density at radius 1 is 0.429 bits per heavy atom. The number of nitrogens with zero attached hydrogens (tertiary/aromatic N) is 3. The fourth-order valence-corrected chi connectivity index (χ4v) is 5.55. The summed E-state index contributed by atoms with van der Waals surface area (Å²) in [6, 6.07) is 0. The predicted octanol–water partition coefficient (Wildman–Crippen LogP) is 1.47. The highest BCUT2D eigenvalue weighted by Gasteiger charge is 2.16. The van der Waals surface area contributed by atoms with Crippen LogP contribution in [0.4, 0.5) is 0 Å². The largest absolute Gasteiger partial charge is 0.469 e. The van der Waals surface area contributed by atoms with E-state index in [1.54, 1.807) is 0 Å². The summed E-state index contributed by atoms with van der Waals surface area (Å²) in [6.45, 7) is 6.10. The molecule has 0 fully saturated rings. The quantitative estimate of drug-likeness (QED) is 0.0520. The SMILES string of the molecule is COC(=O)CCN(CCOCCNC(=O)CCN(CCOCCS(Cl)(Cl)Cl)CCC(=O)NCCOCCN(CCC(=O)OC)CCC(=O)OC)CCC(=O)OC. The number of esters is 4. The third-order valence-electron chi connectivity index (χ3n) is 8.00. The molecule has 0 spiro atoms. The molecular formula is C34H62Cl3N5O13S. The fourth-order valence-electron chi connectivity index (χ4n) is 4.67. The van der Waals surface area contributed by atoms with Crippen molar-refractivity contribution in [1.82, 2.24) is 25.3 Å². The van der Waals surface area contributed by atoms with Crippen LogP contribution in [0.3, 0.4) is 0 Å². The van der Waals surface area contributed by atoms with E-state index in [4.69, 9.17) is 46.3 Å². The number of amides is 2. The summed E-state index contributed by atoms with van der Waals surface area (Å²) in [5, 5.41) is 5.65. The Hall–Kier alpha value is -2.20. The molecule has 0 aromatic rings. The van der Waals surface area contributed by atoms with Crippen molar-refractivity contribution in [2.75, 3.05) is 146 Å². The summed E-state index contributed by atoms with van der Waals surface area (Å²) in [4.78, 5) is 77.1. The molecular weight excluding hydrogens is 825 g/mol. The molecule has 2 N–H and O–H groups in total. The molecule has 0 unspecified atom stereocenters. The number of halogens is 3. The molecule has 0 aliphatic carbocycles. The van der Waals surface area contributed by atoms with Gasteiger partial charge in [-0.2, -0.15) is 0 Å². The molecule has 0 saturated heterocycles. The van der Waals surface area contributed by atoms with Gasteiger partial charge in [0.05, 0.1) is 93.8 Å². The maximum absolute atomic E-state index is 12.6. The second-order valence-electron chi connectivity index (χ2n) is 12.1. The summed E-state index contributed by atoms with van der Waals surface area (Å²) in [5.41, 5.74) is 0. The molecule has 0 heterocycles. The number of methoxy groups -OCH3 is 4. The zero-order chi connectivity index (χ0) is 42.0. The number of carbonyl (C=O) groups excluding carboxylic acids is 6. The van der Waals surface area contributed by atoms with Gasteiger partial charge in [0.2, 0.25) is 11.8 Å². The van der Waals surface area contributed by atoms with Crippen molar-refractivity contribution in [1.29, 1.82) is 0 Å². The van der Waals surface area contributed by atoms with Gasteiger partial charge in [-0.15, -0.1) is 0 Å². The van der Waals surface area contributed by atoms with Crippen LogP contribution in [0, 0.1) is 0 Å². The first-order valence-corrected chi connectivity index (χ1v) is 22.6. The Morgan fingerprint density at radius 2 is 0.714 bits per heavy atom. The summed E-state index contributed by atoms with van der Waals surface area (Å²) in [6.07, 6.45) is 1.07. The number of rotatable bonds is 36. The minimum atomic E-state index is -2.25. The molecule has 18 nitrogen and oxygen atoms in total. The minimum absolute atomic E-state index is 0.177. The first kappa shape index (κ1) is 53.8. The molecule has 0 bridgehead atoms. The van der Waals surface area contributed by atoms with Crippen molar-refractivity contribution in [3.05, 3.63) is 0 Å². The van der Waals surface area contributed by atoms with Crippen LogP contribution in [0.5, 0.6) is 0 Å². The van der Waals surface area contributed by atoms with Crippen LogP contribution in [0.2, 0.25) is 0 Å². The lowest BCUT2D eigenvalue weighted by molar-refractivity contribution is -0.143. The molecule has 56 heavy (non-hydrogen) atoms. The van der Waals surface area contributed by atoms with E-state index < -0.39 is 7.67 Å². The van der Waals surface area contributed by atoms with E-state index in [-0.39, 0.29) is 107 Å². The maximum Gasteiger partial charge on any atom is 0.306 e. The van der Waals surface area contributed by atoms with Gasteiger partial charge in [-0.1, -0.05) is 0 Å². The van der Waals surface area contributed by atoms with Crippen molar-refractivity contribution in [2.24, 2.45) is 0 Å². The number of hydrogen-bond donors (Lipinski definition) is 2. The molecule has 0 atom stereocenters. The number of carbonyl (C=O) groups is 6. The van der Waals surface area contributed by atoms with E-state index in [1.807, 2.05) is 14.7 Å². The highest BCUT2D eigenvalue weighted by atomic mass is 36.2. The molecule has 0 saturated carbocycles. The molecule has 22 heteroatoms. The summed E-state index contributed by atoms with van der Waals surface area (Å²) in [7, 11) is 20.6. The van der Waals surface area contributed by atoms with Gasteiger partial charge in [0.25, 0.3) is 0 Å². The van der Waals surface area contributed by atoms with Gasteiger partial charge in [0, 0.05) is 90.6 Å². The lowest BCUT2D eigenvalue weighted by atomic mass is 10.3. The molecule has 0 aromatic heterocycles. The van der Waals surface area contributed by atoms with E-state index in [2.05, 4.69) is 29.6 Å². The summed E-state index contributed by atoms with van der Waals surface area (Å²) < 4.78 is 35.7. The van der Waals surface area contributed by atoms with Crippen molar-refractivity contribution < 1.29 is 61.9 Å². The second kappa shape index (κ2) is 34.8. The molecule has 0 aliphatic heterocycles. The molecule has 0 aromatic carbocycles. The average Bonchev–Trinajstić information content (AvgIpc) is 3.17. The van der Waals surface area contributed by atoms with Gasteiger partial charge in [0.15, 0.2) is 0 Å². The van der Waals surface area contributed by atoms with Crippen LogP contribution < -0.4 is 10.6 Å². The lowest BCUT2D eigenvalue weighted by Gasteiger charge is -2.22. The van der Waals surface area contributed by atoms with E-state index >= 15 is 0 Å². The fraction of sp³-hybridized carbons (Fsp3) is 0.824. The molecule has 328 valence electrons. The van der Waals surface area contributed by atoms with Crippen molar-refractivity contribution in [3.8, 4) is 0 Å². The Kier molecular flexibility index (Phi) is 33.4. The topological polar surface area (TPSA) is 201 Å². The highest BCUT2D eigenvalue weighted by Crippen LogP contribution is 2.62. The Balaban J connectivity index is 4.65. The van der Waals surface area contributed by atoms with E-state index in [0.29, 0.717) is 84.5 Å². The van der Waals surface area contributed by atoms with Gasteiger partial charge >= 0.3 is 23.9 Å². The van der Waals surface area contributed by atoms with Crippen LogP contribution in [0.25, 0.3) is 0 Å². The number of hydrogen-bond acceptors (Lipinski definition) is 16. The Labute approximate surface area is 345 Å². The third kappa shape index (κ3) is 33.9. The van der Waals surface area contributed by atoms with Crippen molar-refractivity contribution in [3.63, 3.8) is 0 Å². The van der Waals surface area contributed by atoms with Crippen LogP contribution in [-0.4, -0.2) is 196 Å². The normalized spacial score (nSPS) is 11.8.